The summed E-state index contributed by atoms with van der Waals surface area (Å²) in [5.41, 5.74) is 0.219. The van der Waals surface area contributed by atoms with E-state index in [0.29, 0.717) is 10.2 Å². The number of carboxylic acids is 1. The maximum Gasteiger partial charge on any atom is 0.336 e. The van der Waals surface area contributed by atoms with Crippen molar-refractivity contribution in [2.75, 3.05) is 7.11 Å². The molecule has 1 aliphatic rings. The number of carboxylic acid groups (broad SMARTS) is 1. The summed E-state index contributed by atoms with van der Waals surface area (Å²) in [5, 5.41) is 9.07. The first-order chi connectivity index (χ1) is 9.10. The molecule has 0 bridgehead atoms. The molecule has 19 heavy (non-hydrogen) atoms. The second kappa shape index (κ2) is 6.39. The number of rotatable bonds is 4. The van der Waals surface area contributed by atoms with E-state index in [0.717, 1.165) is 25.7 Å². The molecule has 0 amide bonds. The number of halogens is 1. The molecule has 4 nitrogen and oxygen atoms in total. The van der Waals surface area contributed by atoms with Crippen molar-refractivity contribution in [1.29, 1.82) is 0 Å². The van der Waals surface area contributed by atoms with Gasteiger partial charge in [0.15, 0.2) is 0 Å². The lowest BCUT2D eigenvalue weighted by Crippen LogP contribution is -2.29. The van der Waals surface area contributed by atoms with Crippen molar-refractivity contribution in [2.45, 2.75) is 37.9 Å². The van der Waals surface area contributed by atoms with E-state index in [1.54, 1.807) is 25.3 Å². The fourth-order valence-corrected chi connectivity index (χ4v) is 2.77. The third kappa shape index (κ3) is 3.70. The zero-order valence-corrected chi connectivity index (χ0v) is 12.4. The molecule has 0 aromatic heterocycles. The summed E-state index contributed by atoms with van der Waals surface area (Å²) in [6.45, 7) is 0. The van der Waals surface area contributed by atoms with Crippen LogP contribution in [0.2, 0.25) is 0 Å². The van der Waals surface area contributed by atoms with E-state index in [2.05, 4.69) is 15.9 Å². The van der Waals surface area contributed by atoms with Gasteiger partial charge in [-0.15, -0.1) is 0 Å². The molecular formula is C14H17BrO4. The van der Waals surface area contributed by atoms with Crippen molar-refractivity contribution in [2.24, 2.45) is 0 Å². The van der Waals surface area contributed by atoms with Crippen LogP contribution < -0.4 is 4.74 Å². The van der Waals surface area contributed by atoms with Gasteiger partial charge in [0.05, 0.1) is 11.7 Å². The van der Waals surface area contributed by atoms with Crippen LogP contribution in [-0.4, -0.2) is 30.4 Å². The van der Waals surface area contributed by atoms with Crippen molar-refractivity contribution in [3.63, 3.8) is 0 Å². The normalized spacial score (nSPS) is 23.1. The first-order valence-electron chi connectivity index (χ1n) is 6.32. The van der Waals surface area contributed by atoms with Gasteiger partial charge in [0, 0.05) is 18.0 Å². The Kier molecular flexibility index (Phi) is 4.82. The second-order valence-corrected chi connectivity index (χ2v) is 5.57. The number of methoxy groups -OCH3 is 1. The van der Waals surface area contributed by atoms with Gasteiger partial charge in [0.2, 0.25) is 0 Å². The number of ether oxygens (including phenoxy) is 2. The van der Waals surface area contributed by atoms with Crippen LogP contribution in [0.4, 0.5) is 0 Å². The molecule has 104 valence electrons. The van der Waals surface area contributed by atoms with Gasteiger partial charge in [-0.2, -0.15) is 0 Å². The monoisotopic (exact) mass is 328 g/mol. The Labute approximate surface area is 120 Å². The molecule has 0 saturated heterocycles. The summed E-state index contributed by atoms with van der Waals surface area (Å²) in [6.07, 6.45) is 4.32. The lowest BCUT2D eigenvalue weighted by molar-refractivity contribution is 0.0209. The predicted octanol–water partition coefficient (Wildman–Crippen LogP) is 3.48. The van der Waals surface area contributed by atoms with Crippen LogP contribution in [0.25, 0.3) is 0 Å². The molecule has 1 saturated carbocycles. The fourth-order valence-electron chi connectivity index (χ4n) is 2.36. The summed E-state index contributed by atoms with van der Waals surface area (Å²) in [7, 11) is 1.72. The smallest absolute Gasteiger partial charge is 0.336 e. The largest absolute Gasteiger partial charge is 0.490 e. The predicted molar refractivity (Wildman–Crippen MR) is 74.8 cm³/mol. The van der Waals surface area contributed by atoms with Gasteiger partial charge in [0.1, 0.15) is 11.9 Å². The number of hydrogen-bond donors (Lipinski definition) is 1. The first-order valence-corrected chi connectivity index (χ1v) is 7.11. The van der Waals surface area contributed by atoms with Crippen LogP contribution in [-0.2, 0) is 4.74 Å². The maximum absolute atomic E-state index is 11.1. The van der Waals surface area contributed by atoms with E-state index in [9.17, 15) is 4.79 Å². The average molecular weight is 329 g/mol. The fraction of sp³-hybridized carbons (Fsp3) is 0.500. The highest BCUT2D eigenvalue weighted by Crippen LogP contribution is 2.28. The minimum absolute atomic E-state index is 0.0986. The van der Waals surface area contributed by atoms with E-state index in [1.165, 1.54) is 0 Å². The summed E-state index contributed by atoms with van der Waals surface area (Å²) in [4.78, 5) is 11.1. The van der Waals surface area contributed by atoms with Gasteiger partial charge in [-0.1, -0.05) is 0 Å². The van der Waals surface area contributed by atoms with Crippen LogP contribution in [0, 0.1) is 0 Å². The van der Waals surface area contributed by atoms with Crippen LogP contribution in [0.15, 0.2) is 22.7 Å². The maximum atomic E-state index is 11.1. The molecule has 0 heterocycles. The van der Waals surface area contributed by atoms with E-state index >= 15 is 0 Å². The SMILES string of the molecule is COC1CCCC(Oc2ccc(Br)c(C(=O)O)c2)C1. The topological polar surface area (TPSA) is 55.8 Å². The highest BCUT2D eigenvalue weighted by atomic mass is 79.9. The zero-order chi connectivity index (χ0) is 13.8. The Hall–Kier alpha value is -1.07. The second-order valence-electron chi connectivity index (χ2n) is 4.71. The summed E-state index contributed by atoms with van der Waals surface area (Å²) in [5.74, 6) is -0.363. The van der Waals surface area contributed by atoms with E-state index in [-0.39, 0.29) is 17.8 Å². The number of aromatic carboxylic acids is 1. The Bertz CT molecular complexity index is 461. The molecule has 0 radical (unpaired) electrons. The van der Waals surface area contributed by atoms with E-state index in [1.807, 2.05) is 0 Å². The Morgan fingerprint density at radius 2 is 2.11 bits per heavy atom. The molecule has 1 N–H and O–H groups in total. The van der Waals surface area contributed by atoms with Crippen LogP contribution in [0.3, 0.4) is 0 Å². The molecule has 1 aromatic carbocycles. The quantitative estimate of drug-likeness (QED) is 0.919. The van der Waals surface area contributed by atoms with Crippen LogP contribution >= 0.6 is 15.9 Å². The van der Waals surface area contributed by atoms with E-state index < -0.39 is 5.97 Å². The van der Waals surface area contributed by atoms with Crippen molar-refractivity contribution in [3.05, 3.63) is 28.2 Å². The number of carbonyl (C=O) groups is 1. The zero-order valence-electron chi connectivity index (χ0n) is 10.8. The van der Waals surface area contributed by atoms with E-state index in [4.69, 9.17) is 14.6 Å². The first kappa shape index (κ1) is 14.3. The van der Waals surface area contributed by atoms with Crippen molar-refractivity contribution >= 4 is 21.9 Å². The van der Waals surface area contributed by atoms with Crippen molar-refractivity contribution in [1.82, 2.24) is 0 Å². The Morgan fingerprint density at radius 3 is 2.79 bits per heavy atom. The number of hydrogen-bond acceptors (Lipinski definition) is 3. The standard InChI is InChI=1S/C14H17BrO4/c1-18-9-3-2-4-10(7-9)19-11-5-6-13(15)12(8-11)14(16)17/h5-6,8-10H,2-4,7H2,1H3,(H,16,17). The average Bonchev–Trinajstić information content (AvgIpc) is 2.41. The molecule has 1 aliphatic carbocycles. The molecule has 2 unspecified atom stereocenters. The summed E-state index contributed by atoms with van der Waals surface area (Å²) < 4.78 is 11.8. The molecule has 1 fully saturated rings. The molecule has 5 heteroatoms. The Morgan fingerprint density at radius 1 is 1.37 bits per heavy atom. The third-order valence-electron chi connectivity index (χ3n) is 3.38. The van der Waals surface area contributed by atoms with Crippen LogP contribution in [0.1, 0.15) is 36.0 Å². The van der Waals surface area contributed by atoms with Gasteiger partial charge in [0.25, 0.3) is 0 Å². The molecule has 0 aliphatic heterocycles. The third-order valence-corrected chi connectivity index (χ3v) is 4.07. The van der Waals surface area contributed by atoms with Crippen LogP contribution in [0.5, 0.6) is 5.75 Å². The van der Waals surface area contributed by atoms with Gasteiger partial charge < -0.3 is 14.6 Å². The Balaban J connectivity index is 2.06. The molecule has 1 aromatic rings. The minimum Gasteiger partial charge on any atom is -0.490 e. The molecule has 2 rings (SSSR count). The number of benzene rings is 1. The van der Waals surface area contributed by atoms with Gasteiger partial charge in [-0.05, 0) is 53.4 Å². The highest BCUT2D eigenvalue weighted by Gasteiger charge is 2.23. The molecular weight excluding hydrogens is 312 g/mol. The summed E-state index contributed by atoms with van der Waals surface area (Å²) in [6, 6.07) is 5.05. The van der Waals surface area contributed by atoms with Crippen molar-refractivity contribution in [3.8, 4) is 5.75 Å². The molecule has 0 spiro atoms. The molecule has 2 atom stereocenters. The van der Waals surface area contributed by atoms with Crippen molar-refractivity contribution < 1.29 is 19.4 Å². The summed E-state index contributed by atoms with van der Waals surface area (Å²) >= 11 is 3.22. The van der Waals surface area contributed by atoms with Gasteiger partial charge in [-0.3, -0.25) is 0 Å². The van der Waals surface area contributed by atoms with Gasteiger partial charge in [-0.25, -0.2) is 4.79 Å². The highest BCUT2D eigenvalue weighted by molar-refractivity contribution is 9.10. The van der Waals surface area contributed by atoms with Gasteiger partial charge >= 0.3 is 5.97 Å². The lowest BCUT2D eigenvalue weighted by atomic mass is 9.95. The lowest BCUT2D eigenvalue weighted by Gasteiger charge is -2.28. The minimum atomic E-state index is -0.962.